The summed E-state index contributed by atoms with van der Waals surface area (Å²) in [5, 5.41) is 119. The van der Waals surface area contributed by atoms with Crippen molar-refractivity contribution in [1.82, 2.24) is 23.8 Å². The van der Waals surface area contributed by atoms with Crippen molar-refractivity contribution in [2.45, 2.75) is 229 Å². The van der Waals surface area contributed by atoms with E-state index in [4.69, 9.17) is 63.1 Å². The number of carbonyl (C=O) groups is 6. The van der Waals surface area contributed by atoms with Crippen LogP contribution in [0.4, 0.5) is 10.1 Å². The number of cyclic esters (lactones) is 1. The minimum Gasteiger partial charge on any atom is -0.805 e. The average Bonchev–Trinajstić information content (AvgIpc) is 1.73. The zero-order chi connectivity index (χ0) is 86.5. The van der Waals surface area contributed by atoms with E-state index in [-0.39, 0.29) is 68.1 Å². The van der Waals surface area contributed by atoms with E-state index >= 15 is 0 Å². The number of ether oxygens (including phenoxy) is 9. The number of carbonyl (C=O) groups excluding carboxylic acids is 3. The number of allylic oxidation sites excluding steroid dienone is 3. The Hall–Kier alpha value is -6.86. The first-order chi connectivity index (χ1) is 54.6. The smallest absolute Gasteiger partial charge is 0.805 e. The number of hydrogen-bond donors (Lipinski definition) is 10. The van der Waals surface area contributed by atoms with E-state index in [9.17, 15) is 79.0 Å². The third kappa shape index (κ3) is 27.8. The number of anilines is 1. The molecule has 3 aromatic heterocycles. The fourth-order valence-corrected chi connectivity index (χ4v) is 14.6. The summed E-state index contributed by atoms with van der Waals surface area (Å²) in [4.78, 5) is 89.3. The van der Waals surface area contributed by atoms with Gasteiger partial charge in [-0.05, 0) is 142 Å². The molecule has 38 heteroatoms. The summed E-state index contributed by atoms with van der Waals surface area (Å²) in [6.45, 7) is 20.0. The predicted octanol–water partition coefficient (Wildman–Crippen LogP) is 5.15. The summed E-state index contributed by atoms with van der Waals surface area (Å²) in [5.74, 6) is -8.87. The maximum atomic E-state index is 14.8. The number of pyridine rings is 3. The van der Waals surface area contributed by atoms with Crippen molar-refractivity contribution in [2.24, 2.45) is 23.7 Å². The topological polar surface area (TPSA) is 475 Å². The molecule has 8 heterocycles. The van der Waals surface area contributed by atoms with Crippen molar-refractivity contribution in [1.29, 1.82) is 0 Å². The monoisotopic (exact) mass is 1740 g/mol. The summed E-state index contributed by atoms with van der Waals surface area (Å²) >= 11 is 9.21. The van der Waals surface area contributed by atoms with Gasteiger partial charge in [-0.3, -0.25) is 14.4 Å². The molecule has 34 nitrogen and oxygen atoms in total. The number of piperazine rings is 1. The summed E-state index contributed by atoms with van der Waals surface area (Å²) in [5.41, 5.74) is -0.611. The minimum atomic E-state index is -2.27. The molecule has 6 aliphatic rings. The standard InChI is InChI=1S/C46H77NO17.C19H22FN3O3.2C5H4NOS.C4H6O6.Zn/c1-13-33-30(22-58-45-42(57-12)41(56-11)37(52)26(5)60-45)18-23(2)14-15-31(49)24(3)19-29(16-17-48)39(25(4)32(50)20-34(51)62-33)64-44-38(53)36(47(9)10)40(27(6)61-44)63-35-21-46(8,55)43(54)28(7)59-35;1-2-21-5-7-22(8-6-21)17-10-16-13(9-15(17)20)18(24)14(19(25)26)11-23(16)12-3-4-12;2*7-6-4-2-1-3-5(6)8;5-1(3(7)8)2(6)4(9)10;/h14-15,17-18,24-30,32-33,35-45,50,52-55H,13,16,19-22H2,1-12H3;9-12H,2-8H2,1H3,(H,25,26);2*1-4H;1-2,5-6H,(H,7,8)(H,9,10);/q;;2*-1;;+2/b15-14+,23-18+;;;;;/t24-,25+,26-,27-,28+,29+,30?,32-,33-,35+,36-,37-,38-,39-,40-,41-,42-,43+,44+,45-,46-;;;;;/m1...../s1. The van der Waals surface area contributed by atoms with Crippen molar-refractivity contribution in [3.63, 3.8) is 0 Å². The van der Waals surface area contributed by atoms with Crippen LogP contribution >= 0.6 is 24.4 Å². The average molecular weight is 1740 g/mol. The second kappa shape index (κ2) is 46.8. The summed E-state index contributed by atoms with van der Waals surface area (Å²) < 4.78 is 73.2. The quantitative estimate of drug-likeness (QED) is 0.0237. The third-order valence-corrected chi connectivity index (χ3v) is 21.9. The number of aromatic nitrogens is 3. The molecule has 1 aromatic carbocycles. The van der Waals surface area contributed by atoms with Crippen LogP contribution in [0.2, 0.25) is 0 Å². The number of methoxy groups -OCH3 is 2. The van der Waals surface area contributed by atoms with Gasteiger partial charge in [-0.25, -0.2) is 18.8 Å². The molecule has 5 aliphatic heterocycles. The fourth-order valence-electron chi connectivity index (χ4n) is 14.3. The van der Waals surface area contributed by atoms with Gasteiger partial charge in [0.1, 0.15) is 69.7 Å². The van der Waals surface area contributed by atoms with Crippen LogP contribution in [0.3, 0.4) is 0 Å². The number of aliphatic hydroxyl groups is 7. The Morgan fingerprint density at radius 2 is 1.36 bits per heavy atom. The molecule has 1 aliphatic carbocycles. The van der Waals surface area contributed by atoms with Crippen molar-refractivity contribution >= 4 is 77.0 Å². The summed E-state index contributed by atoms with van der Waals surface area (Å²) in [7, 11) is 6.43. The van der Waals surface area contributed by atoms with E-state index < -0.39 is 181 Å². The van der Waals surface area contributed by atoms with E-state index in [1.807, 2.05) is 29.4 Å². The zero-order valence-corrected chi connectivity index (χ0v) is 72.6. The van der Waals surface area contributed by atoms with Crippen LogP contribution in [-0.2, 0) is 86.1 Å². The van der Waals surface area contributed by atoms with Gasteiger partial charge in [0, 0.05) is 88.6 Å². The van der Waals surface area contributed by atoms with Crippen molar-refractivity contribution in [3.8, 4) is 0 Å². The molecule has 648 valence electrons. The first kappa shape index (κ1) is 101. The Balaban J connectivity index is 0.000000366. The first-order valence-corrected chi connectivity index (χ1v) is 39.2. The molecule has 3 unspecified atom stereocenters. The maximum Gasteiger partial charge on any atom is 2.00 e. The molecule has 4 saturated heterocycles. The zero-order valence-electron chi connectivity index (χ0n) is 68.0. The molecule has 10 N–H and O–H groups in total. The van der Waals surface area contributed by atoms with Gasteiger partial charge < -0.3 is 138 Å². The van der Waals surface area contributed by atoms with E-state index in [1.54, 1.807) is 102 Å². The van der Waals surface area contributed by atoms with E-state index in [2.05, 4.69) is 36.3 Å². The molecular weight excluding hydrogens is 1630 g/mol. The number of carboxylic acid groups (broad SMARTS) is 3. The molecule has 1 saturated carbocycles. The summed E-state index contributed by atoms with van der Waals surface area (Å²) in [6.07, 6.45) is -6.96. The Morgan fingerprint density at radius 3 is 1.85 bits per heavy atom. The van der Waals surface area contributed by atoms with Gasteiger partial charge in [0.15, 0.2) is 36.9 Å². The van der Waals surface area contributed by atoms with Crippen LogP contribution in [0.5, 0.6) is 0 Å². The number of rotatable bonds is 20. The number of esters is 1. The van der Waals surface area contributed by atoms with Gasteiger partial charge >= 0.3 is 43.4 Å². The minimum absolute atomic E-state index is 0. The molecular formula is C79H113FN6O28S2Zn. The number of aliphatic hydroxyl groups excluding tert-OH is 6. The predicted molar refractivity (Wildman–Crippen MR) is 423 cm³/mol. The van der Waals surface area contributed by atoms with Gasteiger partial charge in [0.25, 0.3) is 0 Å². The van der Waals surface area contributed by atoms with Crippen molar-refractivity contribution in [3.05, 3.63) is 132 Å². The largest absolute Gasteiger partial charge is 2.00 e. The van der Waals surface area contributed by atoms with Gasteiger partial charge in [-0.1, -0.05) is 82.0 Å². The van der Waals surface area contributed by atoms with Gasteiger partial charge in [-0.2, -0.15) is 0 Å². The van der Waals surface area contributed by atoms with Crippen molar-refractivity contribution in [2.75, 3.05) is 72.5 Å². The number of aliphatic carboxylic acids is 2. The van der Waals surface area contributed by atoms with Crippen LogP contribution in [-0.4, -0.2) is 294 Å². The molecule has 4 aromatic rings. The number of aromatic carboxylic acids is 1. The van der Waals surface area contributed by atoms with E-state index in [1.165, 1.54) is 51.9 Å². The first-order valence-electron chi connectivity index (χ1n) is 38.4. The van der Waals surface area contributed by atoms with Crippen LogP contribution in [0.25, 0.3) is 10.9 Å². The number of ketones is 1. The molecule has 0 radical (unpaired) electrons. The molecule has 0 spiro atoms. The number of carboxylic acids is 3. The number of halogens is 1. The van der Waals surface area contributed by atoms with Crippen molar-refractivity contribution < 1.29 is 146 Å². The number of likely N-dealkylation sites (N-methyl/N-ethyl adjacent to an activating group) is 2. The molecule has 5 fully saturated rings. The number of fused-ring (bicyclic) bond motifs is 1. The molecule has 23 atom stereocenters. The van der Waals surface area contributed by atoms with Gasteiger partial charge in [0.05, 0.1) is 66.4 Å². The fraction of sp³-hybridized carbons (Fsp3) is 0.633. The number of benzene rings is 1. The van der Waals surface area contributed by atoms with E-state index in [0.29, 0.717) is 41.9 Å². The molecule has 117 heavy (non-hydrogen) atoms. The third-order valence-electron chi connectivity index (χ3n) is 21.2. The second-order valence-corrected chi connectivity index (χ2v) is 30.9. The number of nitrogens with zero attached hydrogens (tertiary/aromatic N) is 6. The van der Waals surface area contributed by atoms with Crippen LogP contribution in [0.15, 0.2) is 95.7 Å². The second-order valence-electron chi connectivity index (χ2n) is 30.1. The normalized spacial score (nSPS) is 31.8. The molecule has 10 rings (SSSR count). The van der Waals surface area contributed by atoms with Gasteiger partial charge in [-0.15, -0.1) is 0 Å². The maximum absolute atomic E-state index is 14.8. The Bertz CT molecular complexity index is 4080. The summed E-state index contributed by atoms with van der Waals surface area (Å²) in [6, 6.07) is 12.3. The Morgan fingerprint density at radius 1 is 0.778 bits per heavy atom. The Kier molecular flexibility index (Phi) is 40.3. The molecule has 0 bridgehead atoms. The SMILES string of the molecule is CCN1CCN(c2cc3c(cc2F)c(=O)c(C(=O)O)cn3C2CC2)CC1.CC[C@H]1OC(=O)C[C@@H](O)[C@H](C)[C@@H](O[C@@H]2O[C@H](C)[C@@H](O[C@H]3C[C@@](C)(O)[C@@H](O)[C@H](C)O3)[C@H](N(C)C)[C@H]2O)[C@@H](CC=O)C[C@@H](C)C(=O)/C=C/C(C)=C/C1CO[C@@H]1O[C@H](C)[C@@H](O)[C@@H](OC)[C@H]1OC.O=C(O)C(O)C(O)C(=O)O.[O-]n1ccccc1=S.[O-]n1ccccc1=S.[Zn+2]. The van der Waals surface area contributed by atoms with E-state index in [0.717, 1.165) is 51.9 Å². The Labute approximate surface area is 701 Å². The van der Waals surface area contributed by atoms with Crippen LogP contribution < -0.4 is 10.3 Å². The molecule has 0 amide bonds. The van der Waals surface area contributed by atoms with Crippen LogP contribution in [0, 0.1) is 49.2 Å². The van der Waals surface area contributed by atoms with Crippen LogP contribution in [0.1, 0.15) is 124 Å². The number of hydrogen-bond acceptors (Lipinski definition) is 30. The van der Waals surface area contributed by atoms with Gasteiger partial charge in [0.2, 0.25) is 5.43 Å². The number of aldehydes is 1.